The van der Waals surface area contributed by atoms with Gasteiger partial charge in [0, 0.05) is 44.1 Å². The number of aromatic nitrogens is 1. The molecule has 0 N–H and O–H groups in total. The molecule has 0 unspecified atom stereocenters. The number of nitrogens with zero attached hydrogens (tertiary/aromatic N) is 3. The lowest BCUT2D eigenvalue weighted by Crippen LogP contribution is -2.33. The summed E-state index contributed by atoms with van der Waals surface area (Å²) in [6.07, 6.45) is 5.75. The molecule has 0 aliphatic carbocycles. The van der Waals surface area contributed by atoms with E-state index in [1.807, 2.05) is 17.0 Å². The van der Waals surface area contributed by atoms with Crippen molar-refractivity contribution in [3.8, 4) is 0 Å². The maximum atomic E-state index is 12.6. The summed E-state index contributed by atoms with van der Waals surface area (Å²) < 4.78 is 0. The molecule has 1 aromatic heterocycles. The van der Waals surface area contributed by atoms with Crippen molar-refractivity contribution in [2.24, 2.45) is 11.8 Å². The second kappa shape index (κ2) is 7.36. The molecule has 2 atom stereocenters. The first-order chi connectivity index (χ1) is 12.3. The lowest BCUT2D eigenvalue weighted by molar-refractivity contribution is 0.0774. The summed E-state index contributed by atoms with van der Waals surface area (Å²) in [5.41, 5.74) is 2.19. The van der Waals surface area contributed by atoms with E-state index in [0.717, 1.165) is 38.2 Å². The number of hydrogen-bond donors (Lipinski definition) is 0. The molecular weight excluding hydrogens is 310 g/mol. The Kier molecular flexibility index (Phi) is 4.79. The van der Waals surface area contributed by atoms with Crippen LogP contribution >= 0.6 is 0 Å². The summed E-state index contributed by atoms with van der Waals surface area (Å²) in [6, 6.07) is 14.3. The van der Waals surface area contributed by atoms with Gasteiger partial charge in [0.2, 0.25) is 0 Å². The Morgan fingerprint density at radius 1 is 0.960 bits per heavy atom. The van der Waals surface area contributed by atoms with Crippen LogP contribution in [0.2, 0.25) is 0 Å². The highest BCUT2D eigenvalue weighted by Gasteiger charge is 2.41. The Morgan fingerprint density at radius 3 is 2.32 bits per heavy atom. The minimum absolute atomic E-state index is 0.160. The molecule has 1 aromatic carbocycles. The van der Waals surface area contributed by atoms with E-state index in [1.165, 1.54) is 18.5 Å². The van der Waals surface area contributed by atoms with Gasteiger partial charge < -0.3 is 9.80 Å². The Balaban J connectivity index is 1.24. The van der Waals surface area contributed by atoms with Gasteiger partial charge in [0.1, 0.15) is 0 Å². The van der Waals surface area contributed by atoms with E-state index in [-0.39, 0.29) is 5.91 Å². The molecule has 1 amide bonds. The third kappa shape index (κ3) is 3.74. The zero-order chi connectivity index (χ0) is 17.1. The standard InChI is InChI=1S/C21H25N3O/c25-21(18-8-10-22-11-9-18)24-15-19-13-23(14-20(19)16-24)12-4-7-17-5-2-1-3-6-17/h1-3,5-6,8-11,19-20H,4,7,12-16H2/t19-,20-/m0/s1. The topological polar surface area (TPSA) is 36.4 Å². The summed E-state index contributed by atoms with van der Waals surface area (Å²) in [5.74, 6) is 1.44. The molecule has 0 bridgehead atoms. The van der Waals surface area contributed by atoms with Gasteiger partial charge in [-0.25, -0.2) is 0 Å². The van der Waals surface area contributed by atoms with Crippen molar-refractivity contribution in [2.45, 2.75) is 12.8 Å². The minimum atomic E-state index is 0.160. The number of carbonyl (C=O) groups excluding carboxylic acids is 1. The van der Waals surface area contributed by atoms with E-state index in [0.29, 0.717) is 11.8 Å². The number of carbonyl (C=O) groups is 1. The second-order valence-electron chi connectivity index (χ2n) is 7.31. The van der Waals surface area contributed by atoms with Crippen molar-refractivity contribution < 1.29 is 4.79 Å². The number of rotatable bonds is 5. The van der Waals surface area contributed by atoms with Crippen LogP contribution in [0.3, 0.4) is 0 Å². The monoisotopic (exact) mass is 335 g/mol. The summed E-state index contributed by atoms with van der Waals surface area (Å²) >= 11 is 0. The number of amides is 1. The molecule has 4 rings (SSSR count). The number of likely N-dealkylation sites (tertiary alicyclic amines) is 2. The average Bonchev–Trinajstić information content (AvgIpc) is 3.21. The normalized spacial score (nSPS) is 23.0. The maximum Gasteiger partial charge on any atom is 0.253 e. The lowest BCUT2D eigenvalue weighted by Gasteiger charge is -2.21. The summed E-state index contributed by atoms with van der Waals surface area (Å²) in [4.78, 5) is 21.2. The third-order valence-electron chi connectivity index (χ3n) is 5.56. The Hall–Kier alpha value is -2.20. The number of aryl methyl sites for hydroxylation is 1. The van der Waals surface area contributed by atoms with E-state index in [1.54, 1.807) is 12.4 Å². The Labute approximate surface area is 149 Å². The van der Waals surface area contributed by atoms with Crippen molar-refractivity contribution in [3.63, 3.8) is 0 Å². The van der Waals surface area contributed by atoms with Gasteiger partial charge in [-0.1, -0.05) is 30.3 Å². The van der Waals surface area contributed by atoms with Gasteiger partial charge in [0.25, 0.3) is 5.91 Å². The summed E-state index contributed by atoms with van der Waals surface area (Å²) in [6.45, 7) is 5.25. The van der Waals surface area contributed by atoms with Crippen LogP contribution in [0, 0.1) is 11.8 Å². The SMILES string of the molecule is O=C(c1ccncc1)N1C[C@@H]2CN(CCCc3ccccc3)C[C@H]2C1. The van der Waals surface area contributed by atoms with Gasteiger partial charge in [-0.15, -0.1) is 0 Å². The quantitative estimate of drug-likeness (QED) is 0.843. The van der Waals surface area contributed by atoms with Crippen molar-refractivity contribution in [1.29, 1.82) is 0 Å². The zero-order valence-corrected chi connectivity index (χ0v) is 14.6. The third-order valence-corrected chi connectivity index (χ3v) is 5.56. The van der Waals surface area contributed by atoms with E-state index >= 15 is 0 Å². The molecule has 2 fully saturated rings. The molecule has 2 aliphatic heterocycles. The van der Waals surface area contributed by atoms with Crippen LogP contribution in [0.15, 0.2) is 54.9 Å². The maximum absolute atomic E-state index is 12.6. The molecule has 130 valence electrons. The van der Waals surface area contributed by atoms with Gasteiger partial charge in [-0.05, 0) is 48.9 Å². The van der Waals surface area contributed by atoms with E-state index in [9.17, 15) is 4.79 Å². The number of hydrogen-bond acceptors (Lipinski definition) is 3. The number of pyridine rings is 1. The highest BCUT2D eigenvalue weighted by Crippen LogP contribution is 2.31. The van der Waals surface area contributed by atoms with Crippen LogP contribution in [-0.2, 0) is 6.42 Å². The molecule has 4 nitrogen and oxygen atoms in total. The Morgan fingerprint density at radius 2 is 1.64 bits per heavy atom. The first kappa shape index (κ1) is 16.3. The summed E-state index contributed by atoms with van der Waals surface area (Å²) in [5, 5.41) is 0. The van der Waals surface area contributed by atoms with Gasteiger partial charge in [-0.3, -0.25) is 9.78 Å². The molecule has 2 aromatic rings. The van der Waals surface area contributed by atoms with Crippen LogP contribution in [0.5, 0.6) is 0 Å². The fourth-order valence-corrected chi connectivity index (χ4v) is 4.27. The highest BCUT2D eigenvalue weighted by atomic mass is 16.2. The molecule has 3 heterocycles. The number of fused-ring (bicyclic) bond motifs is 1. The van der Waals surface area contributed by atoms with Gasteiger partial charge in [0.05, 0.1) is 0 Å². The van der Waals surface area contributed by atoms with E-state index in [4.69, 9.17) is 0 Å². The van der Waals surface area contributed by atoms with Crippen LogP contribution in [0.25, 0.3) is 0 Å². The molecule has 2 aliphatic rings. The fourth-order valence-electron chi connectivity index (χ4n) is 4.27. The van der Waals surface area contributed by atoms with E-state index < -0.39 is 0 Å². The lowest BCUT2D eigenvalue weighted by atomic mass is 10.0. The van der Waals surface area contributed by atoms with E-state index in [2.05, 4.69) is 40.2 Å². The Bertz CT molecular complexity index is 690. The first-order valence-electron chi connectivity index (χ1n) is 9.25. The van der Waals surface area contributed by atoms with Crippen LogP contribution < -0.4 is 0 Å². The largest absolute Gasteiger partial charge is 0.338 e. The minimum Gasteiger partial charge on any atom is -0.338 e. The molecule has 0 saturated carbocycles. The predicted octanol–water partition coefficient (Wildman–Crippen LogP) is 2.72. The smallest absolute Gasteiger partial charge is 0.253 e. The van der Waals surface area contributed by atoms with Gasteiger partial charge >= 0.3 is 0 Å². The van der Waals surface area contributed by atoms with Crippen LogP contribution in [-0.4, -0.2) is 53.4 Å². The van der Waals surface area contributed by atoms with Crippen LogP contribution in [0.4, 0.5) is 0 Å². The number of benzene rings is 1. The van der Waals surface area contributed by atoms with Crippen molar-refractivity contribution >= 4 is 5.91 Å². The zero-order valence-electron chi connectivity index (χ0n) is 14.6. The molecule has 0 spiro atoms. The molecular formula is C21H25N3O. The van der Waals surface area contributed by atoms with Crippen molar-refractivity contribution in [3.05, 3.63) is 66.0 Å². The molecule has 25 heavy (non-hydrogen) atoms. The summed E-state index contributed by atoms with van der Waals surface area (Å²) in [7, 11) is 0. The predicted molar refractivity (Wildman–Crippen MR) is 98.3 cm³/mol. The molecule has 0 radical (unpaired) electrons. The second-order valence-corrected chi connectivity index (χ2v) is 7.31. The van der Waals surface area contributed by atoms with Gasteiger partial charge in [0.15, 0.2) is 0 Å². The van der Waals surface area contributed by atoms with Crippen LogP contribution in [0.1, 0.15) is 22.3 Å². The fraction of sp³-hybridized carbons (Fsp3) is 0.429. The molecule has 2 saturated heterocycles. The average molecular weight is 335 g/mol. The molecule has 4 heteroatoms. The highest BCUT2D eigenvalue weighted by molar-refractivity contribution is 5.94. The van der Waals surface area contributed by atoms with Gasteiger partial charge in [-0.2, -0.15) is 0 Å². The first-order valence-corrected chi connectivity index (χ1v) is 9.25. The van der Waals surface area contributed by atoms with Crippen molar-refractivity contribution in [1.82, 2.24) is 14.8 Å². The van der Waals surface area contributed by atoms with Crippen molar-refractivity contribution in [2.75, 3.05) is 32.7 Å².